The zero-order chi connectivity index (χ0) is 32.3. The van der Waals surface area contributed by atoms with Crippen molar-refractivity contribution in [3.8, 4) is 11.5 Å². The standard InChI is InChI=1S/C37H56O6/c1-28(2)13-12-15-29(3)16-17-31(5)20-23-37(6,7)22-11-10-14-30(4)21-24-43-35(36(38)39)27-42-26-32-18-19-33(40-8)34(25-32)41-9/h11,13,16,18-19,21-22,25,35H,5,10,12,14-15,17,20,23-24,26-27H2,1-4,6-9H3,(H,38,39)/b22-11+,29-16+,30-21-/t35-/m1/s1. The van der Waals surface area contributed by atoms with Gasteiger partial charge in [0.2, 0.25) is 0 Å². The summed E-state index contributed by atoms with van der Waals surface area (Å²) in [6, 6.07) is 5.45. The van der Waals surface area contributed by atoms with E-state index in [2.05, 4.69) is 65.5 Å². The molecular weight excluding hydrogens is 540 g/mol. The number of carboxylic acids is 1. The van der Waals surface area contributed by atoms with Crippen LogP contribution in [0, 0.1) is 5.41 Å². The molecular formula is C37H56O6. The molecule has 1 N–H and O–H groups in total. The highest BCUT2D eigenvalue weighted by atomic mass is 16.5. The molecule has 0 unspecified atom stereocenters. The van der Waals surface area contributed by atoms with E-state index < -0.39 is 12.1 Å². The zero-order valence-electron chi connectivity index (χ0n) is 28.0. The molecule has 1 aromatic carbocycles. The van der Waals surface area contributed by atoms with Crippen LogP contribution in [0.15, 0.2) is 77.5 Å². The van der Waals surface area contributed by atoms with Gasteiger partial charge in [0.05, 0.1) is 34.0 Å². The second-order valence-corrected chi connectivity index (χ2v) is 12.2. The monoisotopic (exact) mass is 596 g/mol. The highest BCUT2D eigenvalue weighted by Gasteiger charge is 2.18. The van der Waals surface area contributed by atoms with Crippen LogP contribution in [0.5, 0.6) is 11.5 Å². The molecule has 1 aromatic rings. The number of aliphatic carboxylic acids is 1. The number of methoxy groups -OCH3 is 2. The lowest BCUT2D eigenvalue weighted by atomic mass is 9.85. The van der Waals surface area contributed by atoms with Crippen LogP contribution in [-0.4, -0.2) is 44.6 Å². The van der Waals surface area contributed by atoms with Crippen LogP contribution >= 0.6 is 0 Å². The first-order valence-electron chi connectivity index (χ1n) is 15.3. The fraction of sp³-hybridized carbons (Fsp3) is 0.541. The van der Waals surface area contributed by atoms with E-state index in [9.17, 15) is 9.90 Å². The first-order chi connectivity index (χ1) is 20.4. The molecule has 0 heterocycles. The topological polar surface area (TPSA) is 74.2 Å². The lowest BCUT2D eigenvalue weighted by Gasteiger charge is -2.20. The smallest absolute Gasteiger partial charge is 0.335 e. The predicted octanol–water partition coefficient (Wildman–Crippen LogP) is 9.42. The van der Waals surface area contributed by atoms with Gasteiger partial charge in [-0.3, -0.25) is 0 Å². The largest absolute Gasteiger partial charge is 0.493 e. The number of hydrogen-bond acceptors (Lipinski definition) is 5. The Kier molecular flexibility index (Phi) is 18.3. The summed E-state index contributed by atoms with van der Waals surface area (Å²) in [5, 5.41) is 9.53. The van der Waals surface area contributed by atoms with Crippen molar-refractivity contribution >= 4 is 5.97 Å². The highest BCUT2D eigenvalue weighted by Crippen LogP contribution is 2.29. The summed E-state index contributed by atoms with van der Waals surface area (Å²) in [4.78, 5) is 11.6. The third-order valence-electron chi connectivity index (χ3n) is 7.22. The van der Waals surface area contributed by atoms with E-state index in [1.807, 2.05) is 25.1 Å². The van der Waals surface area contributed by atoms with Crippen molar-refractivity contribution in [2.75, 3.05) is 27.4 Å². The maximum atomic E-state index is 11.6. The number of hydrogen-bond donors (Lipinski definition) is 1. The second kappa shape index (κ2) is 20.8. The third kappa shape index (κ3) is 17.6. The van der Waals surface area contributed by atoms with Gasteiger partial charge >= 0.3 is 5.97 Å². The first-order valence-corrected chi connectivity index (χ1v) is 15.3. The van der Waals surface area contributed by atoms with Crippen molar-refractivity contribution in [3.63, 3.8) is 0 Å². The van der Waals surface area contributed by atoms with E-state index in [1.165, 1.54) is 16.7 Å². The van der Waals surface area contributed by atoms with Gasteiger partial charge in [-0.15, -0.1) is 0 Å². The minimum Gasteiger partial charge on any atom is -0.493 e. The Hall–Kier alpha value is -3.09. The fourth-order valence-electron chi connectivity index (χ4n) is 4.26. The minimum absolute atomic E-state index is 0.0486. The van der Waals surface area contributed by atoms with Crippen LogP contribution in [0.4, 0.5) is 0 Å². The maximum absolute atomic E-state index is 11.6. The summed E-state index contributed by atoms with van der Waals surface area (Å²) >= 11 is 0. The maximum Gasteiger partial charge on any atom is 0.335 e. The Morgan fingerprint density at radius 3 is 2.28 bits per heavy atom. The molecule has 6 nitrogen and oxygen atoms in total. The van der Waals surface area contributed by atoms with Crippen molar-refractivity contribution in [1.29, 1.82) is 0 Å². The zero-order valence-corrected chi connectivity index (χ0v) is 28.0. The van der Waals surface area contributed by atoms with E-state index >= 15 is 0 Å². The number of ether oxygens (including phenoxy) is 4. The van der Waals surface area contributed by atoms with Crippen molar-refractivity contribution in [2.45, 2.75) is 99.2 Å². The third-order valence-corrected chi connectivity index (χ3v) is 7.22. The van der Waals surface area contributed by atoms with Gasteiger partial charge in [0.1, 0.15) is 0 Å². The van der Waals surface area contributed by atoms with Gasteiger partial charge in [0, 0.05) is 0 Å². The van der Waals surface area contributed by atoms with E-state index in [0.29, 0.717) is 11.5 Å². The Morgan fingerprint density at radius 1 is 0.953 bits per heavy atom. The lowest BCUT2D eigenvalue weighted by Crippen LogP contribution is -2.29. The number of carboxylic acid groups (broad SMARTS) is 1. The molecule has 1 atom stereocenters. The molecule has 0 aliphatic heterocycles. The molecule has 0 spiro atoms. The van der Waals surface area contributed by atoms with E-state index in [1.54, 1.807) is 20.3 Å². The molecule has 0 amide bonds. The molecule has 0 aliphatic rings. The van der Waals surface area contributed by atoms with Crippen LogP contribution in [0.25, 0.3) is 0 Å². The van der Waals surface area contributed by atoms with E-state index in [-0.39, 0.29) is 25.2 Å². The highest BCUT2D eigenvalue weighted by molar-refractivity contribution is 5.72. The fourth-order valence-corrected chi connectivity index (χ4v) is 4.26. The molecule has 0 aromatic heterocycles. The molecule has 240 valence electrons. The van der Waals surface area contributed by atoms with Gasteiger partial charge < -0.3 is 24.1 Å². The molecule has 0 aliphatic carbocycles. The number of carbonyl (C=O) groups is 1. The summed E-state index contributed by atoms with van der Waals surface area (Å²) in [5.41, 5.74) is 6.22. The van der Waals surface area contributed by atoms with Gasteiger partial charge in [-0.2, -0.15) is 0 Å². The summed E-state index contributed by atoms with van der Waals surface area (Å²) in [6.45, 7) is 17.8. The Labute approximate surface area is 261 Å². The Bertz CT molecular complexity index is 1120. The van der Waals surface area contributed by atoms with Gasteiger partial charge in [-0.1, -0.05) is 79.2 Å². The van der Waals surface area contributed by atoms with Gasteiger partial charge in [-0.25, -0.2) is 4.79 Å². The number of allylic oxidation sites excluding steroid dienone is 8. The van der Waals surface area contributed by atoms with Crippen molar-refractivity contribution in [1.82, 2.24) is 0 Å². The quantitative estimate of drug-likeness (QED) is 0.134. The predicted molar refractivity (Wildman–Crippen MR) is 178 cm³/mol. The van der Waals surface area contributed by atoms with Crippen LogP contribution in [0.3, 0.4) is 0 Å². The summed E-state index contributed by atoms with van der Waals surface area (Å²) < 4.78 is 21.8. The Morgan fingerprint density at radius 2 is 1.63 bits per heavy atom. The number of benzene rings is 1. The molecule has 0 radical (unpaired) electrons. The average Bonchev–Trinajstić information content (AvgIpc) is 2.96. The van der Waals surface area contributed by atoms with Crippen LogP contribution < -0.4 is 9.47 Å². The van der Waals surface area contributed by atoms with E-state index in [0.717, 1.165) is 56.1 Å². The van der Waals surface area contributed by atoms with Crippen molar-refractivity contribution in [2.24, 2.45) is 5.41 Å². The van der Waals surface area contributed by atoms with Crippen molar-refractivity contribution < 1.29 is 28.8 Å². The van der Waals surface area contributed by atoms with E-state index in [4.69, 9.17) is 18.9 Å². The van der Waals surface area contributed by atoms with Crippen LogP contribution in [0.2, 0.25) is 0 Å². The Balaban J connectivity index is 2.39. The average molecular weight is 597 g/mol. The SMILES string of the molecule is C=C(C/C=C(\C)CCC=C(C)C)CCC(C)(C)/C=C/CC/C(C)=C\CO[C@H](COCc1ccc(OC)c(OC)c1)C(=O)O. The van der Waals surface area contributed by atoms with Crippen LogP contribution in [-0.2, 0) is 20.9 Å². The van der Waals surface area contributed by atoms with Gasteiger partial charge in [-0.05, 0) is 95.8 Å². The molecule has 0 saturated carbocycles. The molecule has 43 heavy (non-hydrogen) atoms. The van der Waals surface area contributed by atoms with Crippen LogP contribution in [0.1, 0.15) is 92.1 Å². The molecule has 0 bridgehead atoms. The summed E-state index contributed by atoms with van der Waals surface area (Å²) in [6.07, 6.45) is 17.2. The molecule has 6 heteroatoms. The molecule has 0 fully saturated rings. The van der Waals surface area contributed by atoms with Crippen molar-refractivity contribution in [3.05, 3.63) is 83.0 Å². The van der Waals surface area contributed by atoms with Gasteiger partial charge in [0.15, 0.2) is 17.6 Å². The molecule has 0 saturated heterocycles. The second-order valence-electron chi connectivity index (χ2n) is 12.2. The minimum atomic E-state index is -1.04. The lowest BCUT2D eigenvalue weighted by molar-refractivity contribution is -0.154. The summed E-state index contributed by atoms with van der Waals surface area (Å²) in [5.74, 6) is 0.178. The molecule has 1 rings (SSSR count). The number of rotatable bonds is 22. The first kappa shape index (κ1) is 37.9. The summed E-state index contributed by atoms with van der Waals surface area (Å²) in [7, 11) is 3.14. The normalized spacial score (nSPS) is 13.2. The van der Waals surface area contributed by atoms with Gasteiger partial charge in [0.25, 0.3) is 0 Å².